The van der Waals surface area contributed by atoms with Crippen LogP contribution in [0.2, 0.25) is 5.02 Å². The van der Waals surface area contributed by atoms with E-state index in [1.807, 2.05) is 0 Å². The molecule has 0 aromatic heterocycles. The number of carboxylic acid groups (broad SMARTS) is 1. The number of nitrogens with two attached hydrogens (primary N) is 1. The molecule has 1 atom stereocenters. The van der Waals surface area contributed by atoms with Gasteiger partial charge in [-0.25, -0.2) is 9.59 Å². The molecule has 204 valence electrons. The summed E-state index contributed by atoms with van der Waals surface area (Å²) in [7, 11) is 1.49. The van der Waals surface area contributed by atoms with Gasteiger partial charge < -0.3 is 35.8 Å². The number of likely N-dealkylation sites (tertiary alicyclic amines) is 1. The number of carbonyl (C=O) groups is 3. The van der Waals surface area contributed by atoms with Gasteiger partial charge in [0, 0.05) is 6.54 Å². The van der Waals surface area contributed by atoms with Gasteiger partial charge in [0.05, 0.1) is 47.2 Å². The first-order chi connectivity index (χ1) is 18.7. The summed E-state index contributed by atoms with van der Waals surface area (Å²) in [5.41, 5.74) is 7.89. The summed E-state index contributed by atoms with van der Waals surface area (Å²) in [6.07, 6.45) is 1.78. The van der Waals surface area contributed by atoms with Gasteiger partial charge in [0.15, 0.2) is 0 Å². The van der Waals surface area contributed by atoms with Crippen molar-refractivity contribution in [3.05, 3.63) is 76.8 Å². The van der Waals surface area contributed by atoms with Gasteiger partial charge in [0.25, 0.3) is 0 Å². The highest BCUT2D eigenvalue weighted by molar-refractivity contribution is 6.33. The number of urea groups is 1. The second-order valence-corrected chi connectivity index (χ2v) is 9.43. The number of para-hydroxylation sites is 1. The second kappa shape index (κ2) is 12.4. The fourth-order valence-corrected chi connectivity index (χ4v) is 4.58. The van der Waals surface area contributed by atoms with Gasteiger partial charge in [-0.15, -0.1) is 0 Å². The first-order valence-electron chi connectivity index (χ1n) is 12.3. The first kappa shape index (κ1) is 27.6. The molecule has 0 saturated carbocycles. The van der Waals surface area contributed by atoms with E-state index in [-0.39, 0.29) is 36.2 Å². The molecule has 1 heterocycles. The van der Waals surface area contributed by atoms with Crippen LogP contribution < -0.4 is 25.8 Å². The number of nitrogen functional groups attached to an aromatic ring is 1. The number of carbonyl (C=O) groups excluding carboxylic acids is 2. The van der Waals surface area contributed by atoms with Gasteiger partial charge in [0.2, 0.25) is 5.91 Å². The molecule has 1 fully saturated rings. The minimum Gasteiger partial charge on any atom is -0.495 e. The molecule has 1 aliphatic heterocycles. The average molecular weight is 553 g/mol. The topological polar surface area (TPSA) is 143 Å². The quantitative estimate of drug-likeness (QED) is 0.277. The highest BCUT2D eigenvalue weighted by Gasteiger charge is 2.29. The molecule has 11 heteroatoms. The molecule has 3 aromatic carbocycles. The lowest BCUT2D eigenvalue weighted by molar-refractivity contribution is -0.131. The van der Waals surface area contributed by atoms with Crippen molar-refractivity contribution in [1.29, 1.82) is 0 Å². The van der Waals surface area contributed by atoms with Crippen molar-refractivity contribution in [1.82, 2.24) is 4.90 Å². The summed E-state index contributed by atoms with van der Waals surface area (Å²) < 4.78 is 11.3. The Morgan fingerprint density at radius 2 is 1.82 bits per heavy atom. The second-order valence-electron chi connectivity index (χ2n) is 9.02. The van der Waals surface area contributed by atoms with Crippen molar-refractivity contribution in [2.45, 2.75) is 25.3 Å². The number of methoxy groups -OCH3 is 1. The molecule has 39 heavy (non-hydrogen) atoms. The maximum atomic E-state index is 13.2. The van der Waals surface area contributed by atoms with E-state index in [1.54, 1.807) is 47.4 Å². The summed E-state index contributed by atoms with van der Waals surface area (Å²) >= 11 is 6.10. The number of halogens is 1. The highest BCUT2D eigenvalue weighted by Crippen LogP contribution is 2.29. The van der Waals surface area contributed by atoms with E-state index < -0.39 is 12.0 Å². The number of aromatic carboxylic acids is 1. The minimum atomic E-state index is -1.07. The number of hydrogen-bond donors (Lipinski definition) is 4. The Hall–Kier alpha value is -4.44. The Morgan fingerprint density at radius 3 is 2.54 bits per heavy atom. The maximum Gasteiger partial charge on any atom is 0.335 e. The van der Waals surface area contributed by atoms with Gasteiger partial charge >= 0.3 is 12.0 Å². The Labute approximate surface area is 230 Å². The van der Waals surface area contributed by atoms with Crippen molar-refractivity contribution in [3.63, 3.8) is 0 Å². The smallest absolute Gasteiger partial charge is 0.335 e. The minimum absolute atomic E-state index is 0.0606. The molecule has 0 spiro atoms. The number of anilines is 3. The van der Waals surface area contributed by atoms with Crippen LogP contribution in [0.5, 0.6) is 11.5 Å². The van der Waals surface area contributed by atoms with E-state index in [4.69, 9.17) is 31.9 Å². The molecular formula is C28H29ClN4O6. The number of hydrogen-bond acceptors (Lipinski definition) is 6. The number of ether oxygens (including phenoxy) is 2. The molecular weight excluding hydrogens is 524 g/mol. The fourth-order valence-electron chi connectivity index (χ4n) is 4.40. The average Bonchev–Trinajstić information content (AvgIpc) is 3.39. The molecule has 5 N–H and O–H groups in total. The summed E-state index contributed by atoms with van der Waals surface area (Å²) in [5.74, 6) is -0.335. The number of amides is 3. The molecule has 0 aliphatic carbocycles. The predicted octanol–water partition coefficient (Wildman–Crippen LogP) is 4.89. The third-order valence-corrected chi connectivity index (χ3v) is 6.71. The predicted molar refractivity (Wildman–Crippen MR) is 149 cm³/mol. The van der Waals surface area contributed by atoms with Gasteiger partial charge in [-0.2, -0.15) is 0 Å². The van der Waals surface area contributed by atoms with Crippen molar-refractivity contribution in [2.75, 3.05) is 36.6 Å². The van der Waals surface area contributed by atoms with E-state index in [1.165, 1.54) is 25.3 Å². The third kappa shape index (κ3) is 6.91. The van der Waals surface area contributed by atoms with Crippen LogP contribution >= 0.6 is 11.6 Å². The molecule has 0 radical (unpaired) electrons. The largest absolute Gasteiger partial charge is 0.495 e. The van der Waals surface area contributed by atoms with E-state index in [0.717, 1.165) is 18.4 Å². The van der Waals surface area contributed by atoms with E-state index >= 15 is 0 Å². The number of nitrogens with one attached hydrogen (secondary N) is 2. The summed E-state index contributed by atoms with van der Waals surface area (Å²) in [6, 6.07) is 15.7. The van der Waals surface area contributed by atoms with Gasteiger partial charge in [-0.3, -0.25) is 4.79 Å². The molecule has 10 nitrogen and oxygen atoms in total. The summed E-state index contributed by atoms with van der Waals surface area (Å²) in [5, 5.41) is 14.9. The normalized spacial score (nSPS) is 14.5. The van der Waals surface area contributed by atoms with Crippen LogP contribution in [-0.2, 0) is 11.2 Å². The number of benzene rings is 3. The SMILES string of the molecule is COc1cc(CC(=O)N2CCCC2COc2ccc(C(=O)O)cc2N)ccc1NC(=O)Nc1ccccc1Cl. The van der Waals surface area contributed by atoms with E-state index in [2.05, 4.69) is 10.6 Å². The number of carboxylic acids is 1. The Bertz CT molecular complexity index is 1380. The van der Waals surface area contributed by atoms with Gasteiger partial charge in [0.1, 0.15) is 18.1 Å². The molecule has 1 aliphatic rings. The third-order valence-electron chi connectivity index (χ3n) is 6.38. The van der Waals surface area contributed by atoms with Crippen molar-refractivity contribution in [3.8, 4) is 11.5 Å². The zero-order valence-corrected chi connectivity index (χ0v) is 22.0. The van der Waals surface area contributed by atoms with Crippen LogP contribution in [0.25, 0.3) is 0 Å². The van der Waals surface area contributed by atoms with Crippen LogP contribution in [0.3, 0.4) is 0 Å². The molecule has 4 rings (SSSR count). The molecule has 1 unspecified atom stereocenters. The lowest BCUT2D eigenvalue weighted by atomic mass is 10.1. The Kier molecular flexibility index (Phi) is 8.77. The number of rotatable bonds is 9. The summed E-state index contributed by atoms with van der Waals surface area (Å²) in [4.78, 5) is 38.5. The van der Waals surface area contributed by atoms with Crippen LogP contribution in [0.15, 0.2) is 60.7 Å². The summed E-state index contributed by atoms with van der Waals surface area (Å²) in [6.45, 7) is 0.856. The monoisotopic (exact) mass is 552 g/mol. The standard InChI is InChI=1S/C28H29ClN4O6/c1-38-25-13-17(8-10-23(25)32-28(37)31-22-7-3-2-6-20(22)29)14-26(34)33-12-4-5-19(33)16-39-24-11-9-18(27(35)36)15-21(24)30/h2-3,6-11,13,15,19H,4-5,12,14,16,30H2,1H3,(H,35,36)(H2,31,32,37). The number of nitrogens with zero attached hydrogens (tertiary/aromatic N) is 1. The Balaban J connectivity index is 1.36. The van der Waals surface area contributed by atoms with E-state index in [9.17, 15) is 14.4 Å². The zero-order chi connectivity index (χ0) is 27.9. The van der Waals surface area contributed by atoms with Crippen LogP contribution in [-0.4, -0.2) is 54.2 Å². The lowest BCUT2D eigenvalue weighted by Crippen LogP contribution is -2.40. The molecule has 3 aromatic rings. The van der Waals surface area contributed by atoms with E-state index in [0.29, 0.717) is 34.4 Å². The van der Waals surface area contributed by atoms with Crippen LogP contribution in [0, 0.1) is 0 Å². The van der Waals surface area contributed by atoms with Crippen molar-refractivity contribution < 1.29 is 29.0 Å². The lowest BCUT2D eigenvalue weighted by Gasteiger charge is -2.25. The molecule has 3 amide bonds. The highest BCUT2D eigenvalue weighted by atomic mass is 35.5. The van der Waals surface area contributed by atoms with Gasteiger partial charge in [-0.05, 0) is 60.9 Å². The van der Waals surface area contributed by atoms with Crippen molar-refractivity contribution >= 4 is 46.6 Å². The van der Waals surface area contributed by atoms with Gasteiger partial charge in [-0.1, -0.05) is 29.8 Å². The zero-order valence-electron chi connectivity index (χ0n) is 21.3. The first-order valence-corrected chi connectivity index (χ1v) is 12.7. The van der Waals surface area contributed by atoms with Crippen LogP contribution in [0.4, 0.5) is 21.9 Å². The maximum absolute atomic E-state index is 13.2. The molecule has 0 bridgehead atoms. The van der Waals surface area contributed by atoms with Crippen molar-refractivity contribution in [2.24, 2.45) is 0 Å². The Morgan fingerprint density at radius 1 is 1.05 bits per heavy atom. The van der Waals surface area contributed by atoms with Crippen LogP contribution in [0.1, 0.15) is 28.8 Å². The molecule has 1 saturated heterocycles. The fraction of sp³-hybridized carbons (Fsp3) is 0.250.